The molecule has 3 aliphatic rings. The molecule has 12 heteroatoms. The molecule has 0 amide bonds. The van der Waals surface area contributed by atoms with Gasteiger partial charge in [-0.15, -0.1) is 11.8 Å². The van der Waals surface area contributed by atoms with E-state index in [9.17, 15) is 13.9 Å². The molecule has 0 saturated carbocycles. The van der Waals surface area contributed by atoms with Crippen LogP contribution in [0.15, 0.2) is 23.5 Å². The van der Waals surface area contributed by atoms with Crippen molar-refractivity contribution in [1.82, 2.24) is 24.4 Å². The average molecular weight is 537 g/mol. The molecule has 3 saturated heterocycles. The number of ether oxygens (including phenoxy) is 2. The summed E-state index contributed by atoms with van der Waals surface area (Å²) < 4.78 is 44.0. The molecule has 0 aromatic carbocycles. The predicted octanol–water partition coefficient (Wildman–Crippen LogP) is 3.09. The van der Waals surface area contributed by atoms with Crippen LogP contribution in [0.5, 0.6) is 0 Å². The van der Waals surface area contributed by atoms with Gasteiger partial charge in [0.25, 0.3) is 5.92 Å². The van der Waals surface area contributed by atoms with E-state index in [1.165, 1.54) is 18.1 Å². The van der Waals surface area contributed by atoms with E-state index in [-0.39, 0.29) is 25.6 Å². The van der Waals surface area contributed by atoms with E-state index in [1.54, 1.807) is 13.8 Å². The molecule has 0 radical (unpaired) electrons. The van der Waals surface area contributed by atoms with E-state index in [4.69, 9.17) is 14.7 Å². The number of nitriles is 1. The molecule has 9 nitrogen and oxygen atoms in total. The van der Waals surface area contributed by atoms with E-state index in [0.717, 1.165) is 16.2 Å². The van der Waals surface area contributed by atoms with Gasteiger partial charge in [0, 0.05) is 38.0 Å². The van der Waals surface area contributed by atoms with Gasteiger partial charge in [0.05, 0.1) is 42.6 Å². The fraction of sp³-hybridized carbons (Fsp3) is 0.720. The van der Waals surface area contributed by atoms with Crippen molar-refractivity contribution in [1.29, 1.82) is 5.26 Å². The fourth-order valence-corrected chi connectivity index (χ4v) is 6.70. The van der Waals surface area contributed by atoms with Crippen LogP contribution >= 0.6 is 11.8 Å². The molecule has 5 rings (SSSR count). The molecule has 0 bridgehead atoms. The third-order valence-corrected chi connectivity index (χ3v) is 8.47. The number of nitrogens with zero attached hydrogens (tertiary/aromatic N) is 6. The molecular formula is C25H34F2N6O3S. The second kappa shape index (κ2) is 10.0. The monoisotopic (exact) mass is 536 g/mol. The molecule has 1 unspecified atom stereocenters. The average Bonchev–Trinajstić information content (AvgIpc) is 3.48. The highest BCUT2D eigenvalue weighted by molar-refractivity contribution is 7.98. The Hall–Kier alpha value is -1.88. The number of piperidine rings is 1. The molecule has 2 aromatic rings. The first kappa shape index (κ1) is 26.7. The van der Waals surface area contributed by atoms with Crippen molar-refractivity contribution in [3.63, 3.8) is 0 Å². The Labute approximate surface area is 219 Å². The van der Waals surface area contributed by atoms with Gasteiger partial charge < -0.3 is 14.6 Å². The number of aliphatic hydroxyl groups is 1. The van der Waals surface area contributed by atoms with E-state index in [0.29, 0.717) is 38.9 Å². The first-order chi connectivity index (χ1) is 17.5. The summed E-state index contributed by atoms with van der Waals surface area (Å²) in [5, 5.41) is 24.8. The number of likely N-dealkylation sites (tertiary alicyclic amines) is 2. The lowest BCUT2D eigenvalue weighted by molar-refractivity contribution is -0.216. The van der Waals surface area contributed by atoms with Crippen LogP contribution in [0.3, 0.4) is 0 Å². The number of halogens is 2. The summed E-state index contributed by atoms with van der Waals surface area (Å²) in [6.07, 6.45) is 3.53. The van der Waals surface area contributed by atoms with Gasteiger partial charge in [-0.1, -0.05) is 0 Å². The van der Waals surface area contributed by atoms with Crippen molar-refractivity contribution in [2.24, 2.45) is 0 Å². The zero-order valence-electron chi connectivity index (χ0n) is 21.4. The Balaban J connectivity index is 1.39. The van der Waals surface area contributed by atoms with Crippen LogP contribution in [0.4, 0.5) is 8.78 Å². The maximum Gasteiger partial charge on any atom is 0.262 e. The number of hydrogen-bond donors (Lipinski definition) is 1. The minimum absolute atomic E-state index is 0.189. The normalized spacial score (nSPS) is 28.3. The van der Waals surface area contributed by atoms with Crippen molar-refractivity contribution in [3.05, 3.63) is 24.2 Å². The van der Waals surface area contributed by atoms with E-state index < -0.39 is 29.5 Å². The third kappa shape index (κ3) is 5.48. The van der Waals surface area contributed by atoms with Gasteiger partial charge in [-0.2, -0.15) is 10.4 Å². The van der Waals surface area contributed by atoms with Crippen molar-refractivity contribution >= 4 is 17.3 Å². The second-order valence-corrected chi connectivity index (χ2v) is 11.7. The van der Waals surface area contributed by atoms with Crippen LogP contribution in [0.2, 0.25) is 0 Å². The quantitative estimate of drug-likeness (QED) is 0.325. The first-order valence-corrected chi connectivity index (χ1v) is 13.9. The molecule has 1 N–H and O–H groups in total. The van der Waals surface area contributed by atoms with Gasteiger partial charge in [0.2, 0.25) is 0 Å². The Bertz CT molecular complexity index is 1160. The van der Waals surface area contributed by atoms with Gasteiger partial charge in [0.1, 0.15) is 17.5 Å². The Kier molecular flexibility index (Phi) is 7.23. The van der Waals surface area contributed by atoms with Crippen LogP contribution in [0, 0.1) is 11.3 Å². The molecule has 37 heavy (non-hydrogen) atoms. The molecule has 3 fully saturated rings. The maximum absolute atomic E-state index is 14.8. The zero-order chi connectivity index (χ0) is 26.4. The van der Waals surface area contributed by atoms with Crippen LogP contribution in [0.1, 0.15) is 51.3 Å². The van der Waals surface area contributed by atoms with Crippen molar-refractivity contribution in [2.75, 3.05) is 39.0 Å². The summed E-state index contributed by atoms with van der Waals surface area (Å²) in [5.41, 5.74) is 1.07. The lowest BCUT2D eigenvalue weighted by Gasteiger charge is -2.45. The second-order valence-electron chi connectivity index (χ2n) is 10.9. The fourth-order valence-electron chi connectivity index (χ4n) is 6.19. The van der Waals surface area contributed by atoms with Gasteiger partial charge >= 0.3 is 0 Å². The van der Waals surface area contributed by atoms with E-state index in [1.807, 2.05) is 32.7 Å². The summed E-state index contributed by atoms with van der Waals surface area (Å²) >= 11 is 1.53. The Morgan fingerprint density at radius 2 is 2.08 bits per heavy atom. The summed E-state index contributed by atoms with van der Waals surface area (Å²) in [6.45, 7) is 4.63. The molecule has 3 atom stereocenters. The molecule has 3 aliphatic heterocycles. The minimum atomic E-state index is -2.79. The van der Waals surface area contributed by atoms with E-state index >= 15 is 0 Å². The van der Waals surface area contributed by atoms with Gasteiger partial charge in [-0.05, 0) is 45.1 Å². The molecule has 1 spiro atoms. The number of thioether (sulfide) groups is 1. The lowest BCUT2D eigenvalue weighted by Crippen LogP contribution is -2.55. The molecule has 202 valence electrons. The smallest absolute Gasteiger partial charge is 0.262 e. The SMILES string of the molecule is CSc1ncnn2c([C@H]3CC(OC(C)(C)O)[C@@H](CN4CC(F)(F)CC45CCN(CC#N)CC5)O3)ccc12. The largest absolute Gasteiger partial charge is 0.366 e. The topological polar surface area (TPSA) is 99.2 Å². The number of alkyl halides is 2. The Morgan fingerprint density at radius 3 is 2.76 bits per heavy atom. The third-order valence-electron chi connectivity index (χ3n) is 7.77. The maximum atomic E-state index is 14.8. The molecular weight excluding hydrogens is 502 g/mol. The van der Waals surface area contributed by atoms with Crippen molar-refractivity contribution in [2.45, 2.75) is 80.1 Å². The van der Waals surface area contributed by atoms with Gasteiger partial charge in [-0.3, -0.25) is 9.80 Å². The van der Waals surface area contributed by atoms with Gasteiger partial charge in [0.15, 0.2) is 5.79 Å². The minimum Gasteiger partial charge on any atom is -0.366 e. The number of fused-ring (bicyclic) bond motifs is 1. The van der Waals surface area contributed by atoms with Gasteiger partial charge in [-0.25, -0.2) is 18.3 Å². The summed E-state index contributed by atoms with van der Waals surface area (Å²) in [7, 11) is 0. The number of aromatic nitrogens is 3. The van der Waals surface area contributed by atoms with Crippen LogP contribution in [-0.4, -0.2) is 97.9 Å². The molecule has 5 heterocycles. The number of hydrogen-bond acceptors (Lipinski definition) is 9. The lowest BCUT2D eigenvalue weighted by atomic mass is 9.84. The predicted molar refractivity (Wildman–Crippen MR) is 133 cm³/mol. The van der Waals surface area contributed by atoms with Crippen molar-refractivity contribution in [3.8, 4) is 6.07 Å². The highest BCUT2D eigenvalue weighted by atomic mass is 32.2. The Morgan fingerprint density at radius 1 is 1.32 bits per heavy atom. The van der Waals surface area contributed by atoms with Crippen LogP contribution in [0.25, 0.3) is 5.52 Å². The summed E-state index contributed by atoms with van der Waals surface area (Å²) in [5.74, 6) is -4.18. The van der Waals surface area contributed by atoms with Crippen LogP contribution in [-0.2, 0) is 9.47 Å². The molecule has 0 aliphatic carbocycles. The highest BCUT2D eigenvalue weighted by Gasteiger charge is 2.56. The molecule has 2 aromatic heterocycles. The van der Waals surface area contributed by atoms with E-state index in [2.05, 4.69) is 16.2 Å². The first-order valence-electron chi connectivity index (χ1n) is 12.7. The number of rotatable bonds is 7. The van der Waals surface area contributed by atoms with Crippen LogP contribution < -0.4 is 0 Å². The zero-order valence-corrected chi connectivity index (χ0v) is 22.3. The van der Waals surface area contributed by atoms with Crippen molar-refractivity contribution < 1.29 is 23.4 Å². The highest BCUT2D eigenvalue weighted by Crippen LogP contribution is 2.47. The summed E-state index contributed by atoms with van der Waals surface area (Å²) in [6, 6.07) is 6.07. The summed E-state index contributed by atoms with van der Waals surface area (Å²) in [4.78, 5) is 8.23. The standard InChI is InChI=1S/C25H34F2N6O3S/c1-23(2,34)36-20-12-19(17-4-5-18-22(37-3)29-16-30-33(17)18)35-21(20)13-32-15-25(26,27)14-24(32)6-9-31(10-7-24)11-8-28/h4-5,16,19-21,34H,6-7,9-15H2,1-3H3/t19-,20?,21-/m1/s1.